The van der Waals surface area contributed by atoms with E-state index in [9.17, 15) is 9.59 Å². The lowest BCUT2D eigenvalue weighted by Crippen LogP contribution is -2.20. The highest BCUT2D eigenvalue weighted by Gasteiger charge is 2.08. The molecule has 2 aromatic rings. The summed E-state index contributed by atoms with van der Waals surface area (Å²) in [7, 11) is 0. The number of hydrogen-bond acceptors (Lipinski definition) is 3. The summed E-state index contributed by atoms with van der Waals surface area (Å²) in [5, 5.41) is 11.6. The molecule has 0 fully saturated rings. The van der Waals surface area contributed by atoms with Gasteiger partial charge in [0.1, 0.15) is 5.75 Å². The normalized spacial score (nSPS) is 9.95. The van der Waals surface area contributed by atoms with Crippen molar-refractivity contribution in [2.75, 3.05) is 11.9 Å². The van der Waals surface area contributed by atoms with E-state index in [1.54, 1.807) is 18.2 Å². The Hall–Kier alpha value is -2.09. The fourth-order valence-corrected chi connectivity index (χ4v) is 2.14. The maximum Gasteiger partial charge on any atom is 0.335 e. The summed E-state index contributed by atoms with van der Waals surface area (Å²) >= 11 is 2.12. The number of hydrogen-bond donors (Lipinski definition) is 2. The van der Waals surface area contributed by atoms with Crippen molar-refractivity contribution < 1.29 is 19.4 Å². The van der Waals surface area contributed by atoms with Crippen LogP contribution in [0.15, 0.2) is 48.5 Å². The number of halogens is 1. The summed E-state index contributed by atoms with van der Waals surface area (Å²) in [5.74, 6) is -1.00. The first-order valence-electron chi connectivity index (χ1n) is 6.07. The molecule has 2 rings (SSSR count). The standard InChI is InChI=1S/C15H12INO4/c16-12-6-1-2-7-13(12)17-14(18)9-21-11-5-3-4-10(8-11)15(19)20/h1-8H,9H2,(H,17,18)(H,19,20). The molecule has 2 aromatic carbocycles. The van der Waals surface area contributed by atoms with Crippen molar-refractivity contribution in [3.8, 4) is 5.75 Å². The third-order valence-electron chi connectivity index (χ3n) is 2.60. The maximum atomic E-state index is 11.8. The third-order valence-corrected chi connectivity index (χ3v) is 3.54. The number of carboxylic acids is 1. The first-order chi connectivity index (χ1) is 10.1. The Kier molecular flexibility index (Phi) is 5.15. The summed E-state index contributed by atoms with van der Waals surface area (Å²) in [6, 6.07) is 13.4. The van der Waals surface area contributed by atoms with Gasteiger partial charge in [-0.15, -0.1) is 0 Å². The molecule has 6 heteroatoms. The predicted molar refractivity (Wildman–Crippen MR) is 86.7 cm³/mol. The van der Waals surface area contributed by atoms with Crippen LogP contribution in [0.5, 0.6) is 5.75 Å². The van der Waals surface area contributed by atoms with Crippen LogP contribution in [0.2, 0.25) is 0 Å². The first kappa shape index (κ1) is 15.3. The van der Waals surface area contributed by atoms with Crippen molar-refractivity contribution in [3.63, 3.8) is 0 Å². The topological polar surface area (TPSA) is 75.6 Å². The van der Waals surface area contributed by atoms with Crippen LogP contribution in [0.3, 0.4) is 0 Å². The number of nitrogens with one attached hydrogen (secondary N) is 1. The van der Waals surface area contributed by atoms with Gasteiger partial charge in [-0.3, -0.25) is 4.79 Å². The van der Waals surface area contributed by atoms with Gasteiger partial charge in [-0.25, -0.2) is 4.79 Å². The number of anilines is 1. The van der Waals surface area contributed by atoms with E-state index in [0.717, 1.165) is 3.57 Å². The van der Waals surface area contributed by atoms with Crippen LogP contribution >= 0.6 is 22.6 Å². The van der Waals surface area contributed by atoms with E-state index in [1.165, 1.54) is 12.1 Å². The molecule has 0 saturated carbocycles. The van der Waals surface area contributed by atoms with Crippen molar-refractivity contribution in [2.24, 2.45) is 0 Å². The SMILES string of the molecule is O=C(COc1cccc(C(=O)O)c1)Nc1ccccc1I. The molecule has 0 atom stereocenters. The quantitative estimate of drug-likeness (QED) is 0.761. The Morgan fingerprint density at radius 1 is 1.14 bits per heavy atom. The molecule has 1 amide bonds. The summed E-state index contributed by atoms with van der Waals surface area (Å²) in [6.45, 7) is -0.186. The number of carbonyl (C=O) groups excluding carboxylic acids is 1. The van der Waals surface area contributed by atoms with Gasteiger partial charge in [0.2, 0.25) is 0 Å². The Labute approximate surface area is 135 Å². The van der Waals surface area contributed by atoms with Crippen molar-refractivity contribution in [3.05, 3.63) is 57.7 Å². The molecule has 108 valence electrons. The van der Waals surface area contributed by atoms with Gasteiger partial charge in [0, 0.05) is 3.57 Å². The molecular formula is C15H12INO4. The van der Waals surface area contributed by atoms with E-state index in [-0.39, 0.29) is 18.1 Å². The zero-order valence-electron chi connectivity index (χ0n) is 10.9. The van der Waals surface area contributed by atoms with Crippen molar-refractivity contribution in [2.45, 2.75) is 0 Å². The summed E-state index contributed by atoms with van der Waals surface area (Å²) in [5.41, 5.74) is 0.830. The Morgan fingerprint density at radius 2 is 1.90 bits per heavy atom. The third kappa shape index (κ3) is 4.45. The molecule has 0 unspecified atom stereocenters. The van der Waals surface area contributed by atoms with E-state index in [1.807, 2.05) is 18.2 Å². The van der Waals surface area contributed by atoms with Gasteiger partial charge in [-0.05, 0) is 52.9 Å². The smallest absolute Gasteiger partial charge is 0.335 e. The molecule has 0 saturated heterocycles. The lowest BCUT2D eigenvalue weighted by Gasteiger charge is -2.09. The average molecular weight is 397 g/mol. The van der Waals surface area contributed by atoms with Gasteiger partial charge >= 0.3 is 5.97 Å². The number of para-hydroxylation sites is 1. The van der Waals surface area contributed by atoms with E-state index >= 15 is 0 Å². The second-order valence-electron chi connectivity index (χ2n) is 4.15. The second kappa shape index (κ2) is 7.07. The molecule has 2 N–H and O–H groups in total. The molecule has 0 radical (unpaired) electrons. The van der Waals surface area contributed by atoms with E-state index in [4.69, 9.17) is 9.84 Å². The highest BCUT2D eigenvalue weighted by atomic mass is 127. The predicted octanol–water partition coefficient (Wildman–Crippen LogP) is 3.01. The van der Waals surface area contributed by atoms with E-state index in [2.05, 4.69) is 27.9 Å². The minimum absolute atomic E-state index is 0.116. The first-order valence-corrected chi connectivity index (χ1v) is 7.14. The largest absolute Gasteiger partial charge is 0.484 e. The molecular weight excluding hydrogens is 385 g/mol. The van der Waals surface area contributed by atoms with Crippen molar-refractivity contribution in [1.82, 2.24) is 0 Å². The van der Waals surface area contributed by atoms with Crippen molar-refractivity contribution in [1.29, 1.82) is 0 Å². The lowest BCUT2D eigenvalue weighted by atomic mass is 10.2. The van der Waals surface area contributed by atoms with Gasteiger partial charge < -0.3 is 15.2 Å². The zero-order valence-corrected chi connectivity index (χ0v) is 13.0. The average Bonchev–Trinajstić information content (AvgIpc) is 2.48. The number of aromatic carboxylic acids is 1. The number of rotatable bonds is 5. The van der Waals surface area contributed by atoms with E-state index in [0.29, 0.717) is 11.4 Å². The fraction of sp³-hybridized carbons (Fsp3) is 0.0667. The molecule has 0 aromatic heterocycles. The van der Waals surface area contributed by atoms with Crippen LogP contribution in [0, 0.1) is 3.57 Å². The maximum absolute atomic E-state index is 11.8. The van der Waals surface area contributed by atoms with Gasteiger partial charge in [0.15, 0.2) is 6.61 Å². The second-order valence-corrected chi connectivity index (χ2v) is 5.31. The highest BCUT2D eigenvalue weighted by Crippen LogP contribution is 2.17. The van der Waals surface area contributed by atoms with Crippen LogP contribution in [0.4, 0.5) is 5.69 Å². The van der Waals surface area contributed by atoms with Crippen molar-refractivity contribution >= 4 is 40.2 Å². The van der Waals surface area contributed by atoms with Crippen LogP contribution < -0.4 is 10.1 Å². The Bertz CT molecular complexity index is 672. The number of ether oxygens (including phenoxy) is 1. The lowest BCUT2D eigenvalue weighted by molar-refractivity contribution is -0.118. The van der Waals surface area contributed by atoms with Crippen LogP contribution in [0.1, 0.15) is 10.4 Å². The van der Waals surface area contributed by atoms with Gasteiger partial charge in [-0.2, -0.15) is 0 Å². The highest BCUT2D eigenvalue weighted by molar-refractivity contribution is 14.1. The molecule has 0 aliphatic carbocycles. The fourth-order valence-electron chi connectivity index (χ4n) is 1.62. The molecule has 0 heterocycles. The Morgan fingerprint density at radius 3 is 2.62 bits per heavy atom. The van der Waals surface area contributed by atoms with Crippen LogP contribution in [-0.2, 0) is 4.79 Å². The molecule has 21 heavy (non-hydrogen) atoms. The van der Waals surface area contributed by atoms with Crippen LogP contribution in [0.25, 0.3) is 0 Å². The monoisotopic (exact) mass is 397 g/mol. The summed E-state index contributed by atoms with van der Waals surface area (Å²) in [6.07, 6.45) is 0. The molecule has 0 aliphatic heterocycles. The Balaban J connectivity index is 1.94. The number of carbonyl (C=O) groups is 2. The van der Waals surface area contributed by atoms with Gasteiger partial charge in [0.25, 0.3) is 5.91 Å². The number of carboxylic acid groups (broad SMARTS) is 1. The zero-order chi connectivity index (χ0) is 15.2. The number of amides is 1. The summed E-state index contributed by atoms with van der Waals surface area (Å²) in [4.78, 5) is 22.6. The van der Waals surface area contributed by atoms with Gasteiger partial charge in [-0.1, -0.05) is 18.2 Å². The van der Waals surface area contributed by atoms with Crippen LogP contribution in [-0.4, -0.2) is 23.6 Å². The minimum Gasteiger partial charge on any atom is -0.484 e. The molecule has 0 spiro atoms. The molecule has 0 bridgehead atoms. The van der Waals surface area contributed by atoms with E-state index < -0.39 is 5.97 Å². The molecule has 0 aliphatic rings. The van der Waals surface area contributed by atoms with Gasteiger partial charge in [0.05, 0.1) is 11.3 Å². The molecule has 5 nitrogen and oxygen atoms in total. The number of benzene rings is 2. The minimum atomic E-state index is -1.04. The summed E-state index contributed by atoms with van der Waals surface area (Å²) < 4.78 is 6.22.